The molecule has 0 amide bonds. The first kappa shape index (κ1) is 12.5. The molecule has 17 heavy (non-hydrogen) atoms. The van der Waals surface area contributed by atoms with E-state index in [1.54, 1.807) is 0 Å². The van der Waals surface area contributed by atoms with E-state index < -0.39 is 0 Å². The fourth-order valence-corrected chi connectivity index (χ4v) is 2.49. The standard InChI is InChI=1S/C14H23N3/c1-4-8-15-14(12-6-5-7-12)13-9-10(2)16-17-11(13)3/h9,12,14-15H,4-8H2,1-3H3. The Labute approximate surface area is 104 Å². The molecule has 1 aromatic rings. The third-order valence-electron chi connectivity index (χ3n) is 3.71. The first-order valence-corrected chi connectivity index (χ1v) is 6.76. The first-order valence-electron chi connectivity index (χ1n) is 6.76. The summed E-state index contributed by atoms with van der Waals surface area (Å²) in [4.78, 5) is 0. The molecule has 0 bridgehead atoms. The fraction of sp³-hybridized carbons (Fsp3) is 0.714. The number of nitrogens with zero attached hydrogens (tertiary/aromatic N) is 2. The van der Waals surface area contributed by atoms with Gasteiger partial charge in [-0.2, -0.15) is 10.2 Å². The van der Waals surface area contributed by atoms with Crippen LogP contribution in [0, 0.1) is 19.8 Å². The molecule has 1 aliphatic carbocycles. The number of aryl methyl sites for hydroxylation is 2. The molecular formula is C14H23N3. The van der Waals surface area contributed by atoms with E-state index in [2.05, 4.69) is 35.4 Å². The monoisotopic (exact) mass is 233 g/mol. The minimum Gasteiger partial charge on any atom is -0.310 e. The van der Waals surface area contributed by atoms with Gasteiger partial charge < -0.3 is 5.32 Å². The number of hydrogen-bond acceptors (Lipinski definition) is 3. The lowest BCUT2D eigenvalue weighted by Crippen LogP contribution is -2.33. The average Bonchev–Trinajstić information content (AvgIpc) is 2.25. The second-order valence-corrected chi connectivity index (χ2v) is 5.15. The molecule has 1 atom stereocenters. The van der Waals surface area contributed by atoms with Crippen LogP contribution >= 0.6 is 0 Å². The normalized spacial score (nSPS) is 17.8. The van der Waals surface area contributed by atoms with Crippen LogP contribution in [0.25, 0.3) is 0 Å². The van der Waals surface area contributed by atoms with Crippen molar-refractivity contribution in [3.05, 3.63) is 23.0 Å². The molecule has 3 nitrogen and oxygen atoms in total. The molecule has 0 spiro atoms. The van der Waals surface area contributed by atoms with Gasteiger partial charge in [0.15, 0.2) is 0 Å². The molecule has 1 unspecified atom stereocenters. The fourth-order valence-electron chi connectivity index (χ4n) is 2.49. The molecule has 94 valence electrons. The van der Waals surface area contributed by atoms with E-state index in [-0.39, 0.29) is 0 Å². The number of hydrogen-bond donors (Lipinski definition) is 1. The molecule has 1 aliphatic rings. The van der Waals surface area contributed by atoms with Gasteiger partial charge in [0.2, 0.25) is 0 Å². The second-order valence-electron chi connectivity index (χ2n) is 5.15. The minimum atomic E-state index is 0.484. The van der Waals surface area contributed by atoms with Crippen molar-refractivity contribution in [3.8, 4) is 0 Å². The highest BCUT2D eigenvalue weighted by Gasteiger charge is 2.29. The van der Waals surface area contributed by atoms with Crippen LogP contribution in [0.5, 0.6) is 0 Å². The van der Waals surface area contributed by atoms with Gasteiger partial charge in [-0.15, -0.1) is 0 Å². The Morgan fingerprint density at radius 1 is 1.35 bits per heavy atom. The average molecular weight is 233 g/mol. The molecule has 0 radical (unpaired) electrons. The summed E-state index contributed by atoms with van der Waals surface area (Å²) in [5.74, 6) is 0.795. The van der Waals surface area contributed by atoms with Crippen LogP contribution < -0.4 is 5.32 Å². The molecule has 2 rings (SSSR count). The highest BCUT2D eigenvalue weighted by molar-refractivity contribution is 5.25. The largest absolute Gasteiger partial charge is 0.310 e. The third kappa shape index (κ3) is 2.83. The lowest BCUT2D eigenvalue weighted by Gasteiger charge is -2.35. The summed E-state index contributed by atoms with van der Waals surface area (Å²) in [5, 5.41) is 12.1. The molecule has 3 heteroatoms. The summed E-state index contributed by atoms with van der Waals surface area (Å²) in [6.45, 7) is 7.39. The Hall–Kier alpha value is -0.960. The zero-order chi connectivity index (χ0) is 12.3. The van der Waals surface area contributed by atoms with Gasteiger partial charge in [-0.05, 0) is 57.2 Å². The number of rotatable bonds is 5. The zero-order valence-corrected chi connectivity index (χ0v) is 11.2. The van der Waals surface area contributed by atoms with E-state index in [1.165, 1.54) is 31.2 Å². The Morgan fingerprint density at radius 3 is 2.71 bits per heavy atom. The van der Waals surface area contributed by atoms with Gasteiger partial charge in [-0.25, -0.2) is 0 Å². The Balaban J connectivity index is 2.20. The predicted octanol–water partition coefficient (Wildman–Crippen LogP) is 2.93. The number of aromatic nitrogens is 2. The molecule has 0 aromatic carbocycles. The van der Waals surface area contributed by atoms with Gasteiger partial charge in [-0.3, -0.25) is 0 Å². The summed E-state index contributed by atoms with van der Waals surface area (Å²) >= 11 is 0. The molecule has 1 fully saturated rings. The Morgan fingerprint density at radius 2 is 2.12 bits per heavy atom. The van der Waals surface area contributed by atoms with Gasteiger partial charge in [0.25, 0.3) is 0 Å². The van der Waals surface area contributed by atoms with E-state index in [0.717, 1.165) is 23.9 Å². The summed E-state index contributed by atoms with van der Waals surface area (Å²) < 4.78 is 0. The van der Waals surface area contributed by atoms with Crippen LogP contribution in [-0.4, -0.2) is 16.7 Å². The van der Waals surface area contributed by atoms with E-state index in [9.17, 15) is 0 Å². The Bertz CT molecular complexity index is 372. The van der Waals surface area contributed by atoms with E-state index in [4.69, 9.17) is 0 Å². The lowest BCUT2D eigenvalue weighted by molar-refractivity contribution is 0.230. The maximum Gasteiger partial charge on any atom is 0.0648 e. The molecule has 1 heterocycles. The van der Waals surface area contributed by atoms with Gasteiger partial charge >= 0.3 is 0 Å². The zero-order valence-electron chi connectivity index (χ0n) is 11.2. The van der Waals surface area contributed by atoms with Crippen LogP contribution in [-0.2, 0) is 0 Å². The van der Waals surface area contributed by atoms with E-state index in [0.29, 0.717) is 6.04 Å². The van der Waals surface area contributed by atoms with Crippen molar-refractivity contribution in [1.29, 1.82) is 0 Å². The van der Waals surface area contributed by atoms with Crippen LogP contribution in [0.2, 0.25) is 0 Å². The molecule has 0 saturated heterocycles. The van der Waals surface area contributed by atoms with Crippen molar-refractivity contribution < 1.29 is 0 Å². The molecular weight excluding hydrogens is 210 g/mol. The second kappa shape index (κ2) is 5.58. The molecule has 1 aromatic heterocycles. The van der Waals surface area contributed by atoms with Crippen molar-refractivity contribution in [2.75, 3.05) is 6.54 Å². The van der Waals surface area contributed by atoms with Crippen LogP contribution in [0.1, 0.15) is 55.6 Å². The Kier molecular flexibility index (Phi) is 4.11. The van der Waals surface area contributed by atoms with Crippen LogP contribution in [0.15, 0.2) is 6.07 Å². The quantitative estimate of drug-likeness (QED) is 0.849. The maximum absolute atomic E-state index is 4.26. The molecule has 0 aliphatic heterocycles. The van der Waals surface area contributed by atoms with Crippen molar-refractivity contribution in [2.24, 2.45) is 5.92 Å². The van der Waals surface area contributed by atoms with Crippen molar-refractivity contribution in [3.63, 3.8) is 0 Å². The first-order chi connectivity index (χ1) is 8.22. The smallest absolute Gasteiger partial charge is 0.0648 e. The maximum atomic E-state index is 4.26. The van der Waals surface area contributed by atoms with Crippen molar-refractivity contribution in [1.82, 2.24) is 15.5 Å². The van der Waals surface area contributed by atoms with Gasteiger partial charge in [0.1, 0.15) is 0 Å². The van der Waals surface area contributed by atoms with E-state index in [1.807, 2.05) is 6.92 Å². The molecule has 1 saturated carbocycles. The highest BCUT2D eigenvalue weighted by Crippen LogP contribution is 2.38. The third-order valence-corrected chi connectivity index (χ3v) is 3.71. The lowest BCUT2D eigenvalue weighted by atomic mass is 9.77. The number of nitrogens with one attached hydrogen (secondary N) is 1. The summed E-state index contributed by atoms with van der Waals surface area (Å²) in [7, 11) is 0. The minimum absolute atomic E-state index is 0.484. The van der Waals surface area contributed by atoms with Gasteiger partial charge in [-0.1, -0.05) is 13.3 Å². The van der Waals surface area contributed by atoms with Gasteiger partial charge in [0, 0.05) is 6.04 Å². The topological polar surface area (TPSA) is 37.8 Å². The summed E-state index contributed by atoms with van der Waals surface area (Å²) in [6.07, 6.45) is 5.26. The van der Waals surface area contributed by atoms with E-state index >= 15 is 0 Å². The SMILES string of the molecule is CCCNC(c1cc(C)nnc1C)C1CCC1. The molecule has 1 N–H and O–H groups in total. The predicted molar refractivity (Wildman–Crippen MR) is 69.9 cm³/mol. The van der Waals surface area contributed by atoms with Crippen molar-refractivity contribution >= 4 is 0 Å². The summed E-state index contributed by atoms with van der Waals surface area (Å²) in [5.41, 5.74) is 3.46. The van der Waals surface area contributed by atoms with Gasteiger partial charge in [0.05, 0.1) is 11.4 Å². The van der Waals surface area contributed by atoms with Crippen molar-refractivity contribution in [2.45, 2.75) is 52.5 Å². The van der Waals surface area contributed by atoms with Crippen LogP contribution in [0.4, 0.5) is 0 Å². The summed E-state index contributed by atoms with van der Waals surface area (Å²) in [6, 6.07) is 2.69. The van der Waals surface area contributed by atoms with Crippen LogP contribution in [0.3, 0.4) is 0 Å². The highest BCUT2D eigenvalue weighted by atomic mass is 15.1.